The normalized spacial score (nSPS) is 21.3. The highest BCUT2D eigenvalue weighted by molar-refractivity contribution is 7.89. The summed E-state index contributed by atoms with van der Waals surface area (Å²) in [5.41, 5.74) is -0.585. The Balaban J connectivity index is 1.83. The zero-order valence-electron chi connectivity index (χ0n) is 12.4. The number of carbonyl (C=O) groups is 2. The summed E-state index contributed by atoms with van der Waals surface area (Å²) < 4.78 is 40.0. The molecule has 9 heteroatoms. The fourth-order valence-corrected chi connectivity index (χ4v) is 4.66. The van der Waals surface area contributed by atoms with Crippen LogP contribution in [0.15, 0.2) is 23.1 Å². The lowest BCUT2D eigenvalue weighted by atomic mass is 9.89. The predicted octanol–water partition coefficient (Wildman–Crippen LogP) is 0.497. The minimum absolute atomic E-state index is 0.0754. The molecule has 0 radical (unpaired) electrons. The first-order valence-corrected chi connectivity index (χ1v) is 8.58. The van der Waals surface area contributed by atoms with Gasteiger partial charge in [0.2, 0.25) is 10.0 Å². The Morgan fingerprint density at radius 2 is 1.87 bits per heavy atom. The highest BCUT2D eigenvalue weighted by atomic mass is 32.2. The molecule has 124 valence electrons. The van der Waals surface area contributed by atoms with Crippen LogP contribution in [0.4, 0.5) is 9.18 Å². The summed E-state index contributed by atoms with van der Waals surface area (Å²) in [4.78, 5) is 23.1. The number of hydrogen-bond acceptors (Lipinski definition) is 4. The van der Waals surface area contributed by atoms with E-state index in [4.69, 9.17) is 0 Å². The number of carbonyl (C=O) groups excluding carboxylic acids is 2. The van der Waals surface area contributed by atoms with E-state index in [-0.39, 0.29) is 30.8 Å². The third kappa shape index (κ3) is 2.59. The molecule has 2 aliphatic rings. The molecule has 2 saturated heterocycles. The number of halogens is 1. The predicted molar refractivity (Wildman–Crippen MR) is 78.5 cm³/mol. The smallest absolute Gasteiger partial charge is 0.322 e. The summed E-state index contributed by atoms with van der Waals surface area (Å²) in [6, 6.07) is 3.06. The maximum absolute atomic E-state index is 13.4. The number of benzene rings is 1. The molecule has 7 nitrogen and oxygen atoms in total. The number of amides is 3. The van der Waals surface area contributed by atoms with Gasteiger partial charge in [0.15, 0.2) is 0 Å². The average molecular weight is 341 g/mol. The van der Waals surface area contributed by atoms with Crippen LogP contribution in [0.2, 0.25) is 0 Å². The average Bonchev–Trinajstić information content (AvgIpc) is 2.76. The minimum Gasteiger partial charge on any atom is -0.323 e. The summed E-state index contributed by atoms with van der Waals surface area (Å²) in [7, 11) is -3.84. The van der Waals surface area contributed by atoms with Crippen LogP contribution in [0, 0.1) is 12.7 Å². The van der Waals surface area contributed by atoms with Crippen molar-refractivity contribution in [2.24, 2.45) is 0 Å². The van der Waals surface area contributed by atoms with E-state index < -0.39 is 33.3 Å². The molecule has 1 aromatic rings. The Bertz CT molecular complexity index is 785. The van der Waals surface area contributed by atoms with E-state index >= 15 is 0 Å². The summed E-state index contributed by atoms with van der Waals surface area (Å²) in [6.07, 6.45) is 0.357. The molecule has 2 N–H and O–H groups in total. The van der Waals surface area contributed by atoms with E-state index in [1.54, 1.807) is 6.92 Å². The molecule has 0 unspecified atom stereocenters. The third-order valence-corrected chi connectivity index (χ3v) is 6.40. The lowest BCUT2D eigenvalue weighted by molar-refractivity contribution is -0.125. The SMILES string of the molecule is Cc1ccc(F)cc1S(=O)(=O)N1CCC2(CC1)NC(=O)NC2=O. The number of urea groups is 1. The van der Waals surface area contributed by atoms with Crippen molar-refractivity contribution < 1.29 is 22.4 Å². The molecular weight excluding hydrogens is 325 g/mol. The van der Waals surface area contributed by atoms with Gasteiger partial charge in [0.25, 0.3) is 5.91 Å². The monoisotopic (exact) mass is 341 g/mol. The van der Waals surface area contributed by atoms with Gasteiger partial charge in [0.1, 0.15) is 11.4 Å². The van der Waals surface area contributed by atoms with Gasteiger partial charge >= 0.3 is 6.03 Å². The molecule has 0 bridgehead atoms. The molecule has 0 atom stereocenters. The van der Waals surface area contributed by atoms with Crippen molar-refractivity contribution in [1.82, 2.24) is 14.9 Å². The standard InChI is InChI=1S/C14H16FN3O4S/c1-9-2-3-10(15)8-11(9)23(21,22)18-6-4-14(5-7-18)12(19)16-13(20)17-14/h2-3,8H,4-7H2,1H3,(H2,16,17,19,20). The van der Waals surface area contributed by atoms with Gasteiger partial charge in [-0.2, -0.15) is 4.31 Å². The van der Waals surface area contributed by atoms with Crippen LogP contribution in [0.5, 0.6) is 0 Å². The lowest BCUT2D eigenvalue weighted by Gasteiger charge is -2.36. The fourth-order valence-electron chi connectivity index (χ4n) is 2.98. The third-order valence-electron chi connectivity index (χ3n) is 4.36. The second-order valence-corrected chi connectivity index (χ2v) is 7.71. The summed E-state index contributed by atoms with van der Waals surface area (Å²) in [5, 5.41) is 4.74. The van der Waals surface area contributed by atoms with Crippen molar-refractivity contribution in [2.45, 2.75) is 30.2 Å². The van der Waals surface area contributed by atoms with Gasteiger partial charge < -0.3 is 5.32 Å². The number of piperidine rings is 1. The lowest BCUT2D eigenvalue weighted by Crippen LogP contribution is -2.55. The van der Waals surface area contributed by atoms with E-state index in [1.165, 1.54) is 16.4 Å². The minimum atomic E-state index is -3.84. The maximum Gasteiger partial charge on any atom is 0.322 e. The Hall–Kier alpha value is -2.00. The second-order valence-electron chi connectivity index (χ2n) is 5.80. The number of nitrogens with one attached hydrogen (secondary N) is 2. The first kappa shape index (κ1) is 15.9. The molecule has 3 amide bonds. The van der Waals surface area contributed by atoms with Gasteiger partial charge in [-0.25, -0.2) is 17.6 Å². The molecule has 3 rings (SSSR count). The Morgan fingerprint density at radius 1 is 1.22 bits per heavy atom. The van der Waals surface area contributed by atoms with E-state index in [2.05, 4.69) is 10.6 Å². The van der Waals surface area contributed by atoms with Gasteiger partial charge in [-0.1, -0.05) is 6.07 Å². The summed E-state index contributed by atoms with van der Waals surface area (Å²) >= 11 is 0. The number of rotatable bonds is 2. The number of hydrogen-bond donors (Lipinski definition) is 2. The van der Waals surface area contributed by atoms with Crippen molar-refractivity contribution in [3.8, 4) is 0 Å². The van der Waals surface area contributed by atoms with Crippen LogP contribution in [-0.4, -0.2) is 43.3 Å². The van der Waals surface area contributed by atoms with Crippen molar-refractivity contribution in [2.75, 3.05) is 13.1 Å². The van der Waals surface area contributed by atoms with Gasteiger partial charge in [-0.15, -0.1) is 0 Å². The molecular formula is C14H16FN3O4S. The summed E-state index contributed by atoms with van der Waals surface area (Å²) in [5.74, 6) is -1.05. The summed E-state index contributed by atoms with van der Waals surface area (Å²) in [6.45, 7) is 1.75. The molecule has 2 fully saturated rings. The number of imide groups is 1. The molecule has 1 aromatic carbocycles. The highest BCUT2D eigenvalue weighted by Gasteiger charge is 2.49. The van der Waals surface area contributed by atoms with E-state index in [0.29, 0.717) is 5.56 Å². The molecule has 2 heterocycles. The largest absolute Gasteiger partial charge is 0.323 e. The van der Waals surface area contributed by atoms with Gasteiger partial charge in [0.05, 0.1) is 4.90 Å². The maximum atomic E-state index is 13.4. The quantitative estimate of drug-likeness (QED) is 0.766. The Labute approximate surface area is 132 Å². The van der Waals surface area contributed by atoms with Crippen LogP contribution in [0.25, 0.3) is 0 Å². The molecule has 0 aromatic heterocycles. The second kappa shape index (κ2) is 5.27. The number of aryl methyl sites for hydroxylation is 1. The van der Waals surface area contributed by atoms with Gasteiger partial charge in [0, 0.05) is 13.1 Å². The fraction of sp³-hybridized carbons (Fsp3) is 0.429. The molecule has 1 spiro atoms. The van der Waals surface area contributed by atoms with Crippen LogP contribution in [0.3, 0.4) is 0 Å². The first-order valence-electron chi connectivity index (χ1n) is 7.14. The van der Waals surface area contributed by atoms with Crippen LogP contribution >= 0.6 is 0 Å². The Kier molecular flexibility index (Phi) is 3.64. The van der Waals surface area contributed by atoms with Gasteiger partial charge in [-0.3, -0.25) is 10.1 Å². The molecule has 0 aliphatic carbocycles. The van der Waals surface area contributed by atoms with Crippen molar-refractivity contribution in [3.05, 3.63) is 29.6 Å². The van der Waals surface area contributed by atoms with E-state index in [1.807, 2.05) is 0 Å². The molecule has 23 heavy (non-hydrogen) atoms. The van der Waals surface area contributed by atoms with Crippen molar-refractivity contribution >= 4 is 22.0 Å². The van der Waals surface area contributed by atoms with E-state index in [0.717, 1.165) is 6.07 Å². The van der Waals surface area contributed by atoms with Crippen molar-refractivity contribution in [1.29, 1.82) is 0 Å². The zero-order chi connectivity index (χ0) is 16.8. The zero-order valence-corrected chi connectivity index (χ0v) is 13.2. The number of nitrogens with zero attached hydrogens (tertiary/aromatic N) is 1. The topological polar surface area (TPSA) is 95.6 Å². The Morgan fingerprint density at radius 3 is 2.43 bits per heavy atom. The van der Waals surface area contributed by atoms with Crippen LogP contribution in [-0.2, 0) is 14.8 Å². The molecule has 0 saturated carbocycles. The van der Waals surface area contributed by atoms with Gasteiger partial charge in [-0.05, 0) is 37.5 Å². The van der Waals surface area contributed by atoms with Crippen LogP contribution in [0.1, 0.15) is 18.4 Å². The highest BCUT2D eigenvalue weighted by Crippen LogP contribution is 2.30. The first-order chi connectivity index (χ1) is 10.7. The molecule has 2 aliphatic heterocycles. The number of sulfonamides is 1. The van der Waals surface area contributed by atoms with E-state index in [9.17, 15) is 22.4 Å². The van der Waals surface area contributed by atoms with Crippen molar-refractivity contribution in [3.63, 3.8) is 0 Å². The van der Waals surface area contributed by atoms with Crippen LogP contribution < -0.4 is 10.6 Å².